The van der Waals surface area contributed by atoms with Crippen molar-refractivity contribution in [2.45, 2.75) is 13.0 Å². The normalized spacial score (nSPS) is 15.3. The van der Waals surface area contributed by atoms with E-state index >= 15 is 0 Å². The van der Waals surface area contributed by atoms with Gasteiger partial charge in [-0.15, -0.1) is 11.3 Å². The lowest BCUT2D eigenvalue weighted by atomic mass is 10.1. The first-order valence-electron chi connectivity index (χ1n) is 9.23. The van der Waals surface area contributed by atoms with Crippen LogP contribution in [0.1, 0.15) is 6.92 Å². The van der Waals surface area contributed by atoms with Gasteiger partial charge < -0.3 is 14.4 Å². The number of carbonyl (C=O) groups is 2. The molecule has 1 aromatic heterocycles. The van der Waals surface area contributed by atoms with Gasteiger partial charge in [0.05, 0.1) is 16.4 Å². The topological polar surface area (TPSA) is 80.8 Å². The van der Waals surface area contributed by atoms with Crippen LogP contribution in [-0.4, -0.2) is 36.6 Å². The van der Waals surface area contributed by atoms with Crippen LogP contribution in [0, 0.1) is 0 Å². The zero-order valence-electron chi connectivity index (χ0n) is 16.5. The Morgan fingerprint density at radius 3 is 2.87 bits per heavy atom. The highest BCUT2D eigenvalue weighted by atomic mass is 35.5. The van der Waals surface area contributed by atoms with Crippen molar-refractivity contribution < 1.29 is 19.1 Å². The summed E-state index contributed by atoms with van der Waals surface area (Å²) in [6.07, 6.45) is -0.519. The molecule has 1 aliphatic heterocycles. The van der Waals surface area contributed by atoms with E-state index in [-0.39, 0.29) is 18.4 Å². The third-order valence-corrected chi connectivity index (χ3v) is 5.89. The maximum Gasteiger partial charge on any atom is 0.267 e. The third-order valence-electron chi connectivity index (χ3n) is 4.60. The van der Waals surface area contributed by atoms with Gasteiger partial charge in [0, 0.05) is 23.0 Å². The Morgan fingerprint density at radius 1 is 1.29 bits per heavy atom. The molecule has 2 amide bonds. The molecule has 3 aromatic rings. The van der Waals surface area contributed by atoms with Gasteiger partial charge in [-0.05, 0) is 43.3 Å². The second-order valence-electron chi connectivity index (χ2n) is 6.79. The van der Waals surface area contributed by atoms with Crippen LogP contribution in [-0.2, 0) is 9.59 Å². The highest BCUT2D eigenvalue weighted by molar-refractivity contribution is 7.14. The molecule has 0 saturated carbocycles. The lowest BCUT2D eigenvalue weighted by Crippen LogP contribution is -2.41. The largest absolute Gasteiger partial charge is 0.482 e. The Hall–Kier alpha value is -2.81. The third kappa shape index (κ3) is 4.61. The van der Waals surface area contributed by atoms with Gasteiger partial charge in [-0.1, -0.05) is 23.2 Å². The first-order valence-corrected chi connectivity index (χ1v) is 10.9. The zero-order chi connectivity index (χ0) is 22.1. The SMILES string of the molecule is CC1Oc2ccc(-c3csc(NC(=O)COc4ccc(Cl)cc4Cl)n3)cc2N(C)C1=O. The number of carbonyl (C=O) groups excluding carboxylic acids is 2. The number of nitrogens with one attached hydrogen (secondary N) is 1. The van der Waals surface area contributed by atoms with Crippen LogP contribution in [0.15, 0.2) is 41.8 Å². The predicted octanol–water partition coefficient (Wildman–Crippen LogP) is 4.88. The number of amides is 2. The summed E-state index contributed by atoms with van der Waals surface area (Å²) in [7, 11) is 1.71. The van der Waals surface area contributed by atoms with Crippen LogP contribution in [0.3, 0.4) is 0 Å². The summed E-state index contributed by atoms with van der Waals surface area (Å²) in [6, 6.07) is 10.3. The number of anilines is 2. The minimum atomic E-state index is -0.519. The number of hydrogen-bond donors (Lipinski definition) is 1. The highest BCUT2D eigenvalue weighted by Gasteiger charge is 2.29. The van der Waals surface area contributed by atoms with Crippen molar-refractivity contribution in [1.29, 1.82) is 0 Å². The molecule has 7 nitrogen and oxygen atoms in total. The minimum Gasteiger partial charge on any atom is -0.482 e. The summed E-state index contributed by atoms with van der Waals surface area (Å²) in [5.41, 5.74) is 2.15. The van der Waals surface area contributed by atoms with E-state index in [0.717, 1.165) is 5.56 Å². The molecular formula is C21H17Cl2N3O4S. The smallest absolute Gasteiger partial charge is 0.267 e. The molecule has 2 aromatic carbocycles. The minimum absolute atomic E-state index is 0.114. The molecule has 160 valence electrons. The van der Waals surface area contributed by atoms with Crippen LogP contribution in [0.2, 0.25) is 10.0 Å². The van der Waals surface area contributed by atoms with E-state index in [1.807, 2.05) is 23.6 Å². The van der Waals surface area contributed by atoms with Gasteiger partial charge in [0.2, 0.25) is 0 Å². The summed E-state index contributed by atoms with van der Waals surface area (Å²) < 4.78 is 11.1. The standard InChI is InChI=1S/C21H17Cl2N3O4S/c1-11-20(28)26(2)16-7-12(3-5-18(16)30-11)15-10-31-21(24-15)25-19(27)9-29-17-6-4-13(22)8-14(17)23/h3-8,10-11H,9H2,1-2H3,(H,24,25,27). The molecule has 0 spiro atoms. The molecule has 0 fully saturated rings. The van der Waals surface area contributed by atoms with Gasteiger partial charge in [0.1, 0.15) is 11.5 Å². The van der Waals surface area contributed by atoms with Crippen molar-refractivity contribution in [1.82, 2.24) is 4.98 Å². The maximum atomic E-state index is 12.2. The maximum absolute atomic E-state index is 12.2. The van der Waals surface area contributed by atoms with Crippen molar-refractivity contribution >= 4 is 57.2 Å². The molecule has 0 aliphatic carbocycles. The summed E-state index contributed by atoms with van der Waals surface area (Å²) in [6.45, 7) is 1.49. The van der Waals surface area contributed by atoms with E-state index in [4.69, 9.17) is 32.7 Å². The molecule has 2 heterocycles. The number of halogens is 2. The summed E-state index contributed by atoms with van der Waals surface area (Å²) in [4.78, 5) is 30.4. The van der Waals surface area contributed by atoms with E-state index in [9.17, 15) is 9.59 Å². The van der Waals surface area contributed by atoms with Gasteiger partial charge >= 0.3 is 0 Å². The van der Waals surface area contributed by atoms with Crippen molar-refractivity contribution in [3.63, 3.8) is 0 Å². The van der Waals surface area contributed by atoms with Crippen molar-refractivity contribution in [3.05, 3.63) is 51.8 Å². The number of rotatable bonds is 5. The Labute approximate surface area is 192 Å². The van der Waals surface area contributed by atoms with Crippen molar-refractivity contribution in [2.24, 2.45) is 0 Å². The number of aromatic nitrogens is 1. The van der Waals surface area contributed by atoms with Gasteiger partial charge in [-0.3, -0.25) is 14.9 Å². The number of likely N-dealkylation sites (N-methyl/N-ethyl adjacent to an activating group) is 1. The average Bonchev–Trinajstić information content (AvgIpc) is 3.19. The molecule has 1 aliphatic rings. The van der Waals surface area contributed by atoms with Crippen LogP contribution >= 0.6 is 34.5 Å². The Kier molecular flexibility index (Phi) is 6.04. The second kappa shape index (κ2) is 8.74. The quantitative estimate of drug-likeness (QED) is 0.566. The van der Waals surface area contributed by atoms with E-state index in [1.54, 1.807) is 37.1 Å². The highest BCUT2D eigenvalue weighted by Crippen LogP contribution is 2.37. The molecule has 31 heavy (non-hydrogen) atoms. The number of nitrogens with zero attached hydrogens (tertiary/aromatic N) is 2. The summed E-state index contributed by atoms with van der Waals surface area (Å²) in [5.74, 6) is 0.521. The lowest BCUT2D eigenvalue weighted by molar-refractivity contribution is -0.125. The average molecular weight is 478 g/mol. The fourth-order valence-electron chi connectivity index (χ4n) is 3.03. The lowest BCUT2D eigenvalue weighted by Gasteiger charge is -2.30. The molecule has 1 N–H and O–H groups in total. The predicted molar refractivity (Wildman–Crippen MR) is 122 cm³/mol. The number of benzene rings is 2. The van der Waals surface area contributed by atoms with Crippen LogP contribution < -0.4 is 19.7 Å². The number of thiazole rings is 1. The van der Waals surface area contributed by atoms with Gasteiger partial charge in [0.15, 0.2) is 17.8 Å². The van der Waals surface area contributed by atoms with E-state index in [1.165, 1.54) is 11.3 Å². The molecule has 0 bridgehead atoms. The molecule has 10 heteroatoms. The fourth-order valence-corrected chi connectivity index (χ4v) is 4.22. The van der Waals surface area contributed by atoms with Crippen LogP contribution in [0.25, 0.3) is 11.3 Å². The van der Waals surface area contributed by atoms with Crippen molar-refractivity contribution in [3.8, 4) is 22.8 Å². The van der Waals surface area contributed by atoms with Gasteiger partial charge in [-0.25, -0.2) is 4.98 Å². The molecular weight excluding hydrogens is 461 g/mol. The van der Waals surface area contributed by atoms with Crippen LogP contribution in [0.5, 0.6) is 11.5 Å². The number of ether oxygens (including phenoxy) is 2. The van der Waals surface area contributed by atoms with E-state index in [0.29, 0.717) is 38.1 Å². The number of fused-ring (bicyclic) bond motifs is 1. The zero-order valence-corrected chi connectivity index (χ0v) is 18.8. The monoisotopic (exact) mass is 477 g/mol. The first kappa shape index (κ1) is 21.4. The molecule has 1 atom stereocenters. The second-order valence-corrected chi connectivity index (χ2v) is 8.49. The Morgan fingerprint density at radius 2 is 2.10 bits per heavy atom. The first-order chi connectivity index (χ1) is 14.8. The molecule has 1 unspecified atom stereocenters. The summed E-state index contributed by atoms with van der Waals surface area (Å²) >= 11 is 13.2. The Balaban J connectivity index is 1.43. The molecule has 0 radical (unpaired) electrons. The van der Waals surface area contributed by atoms with Gasteiger partial charge in [0.25, 0.3) is 11.8 Å². The van der Waals surface area contributed by atoms with E-state index < -0.39 is 6.10 Å². The number of hydrogen-bond acceptors (Lipinski definition) is 6. The van der Waals surface area contributed by atoms with Gasteiger partial charge in [-0.2, -0.15) is 0 Å². The fraction of sp³-hybridized carbons (Fsp3) is 0.190. The van der Waals surface area contributed by atoms with Crippen molar-refractivity contribution in [2.75, 3.05) is 23.9 Å². The molecule has 4 rings (SSSR count). The van der Waals surface area contributed by atoms with Crippen LogP contribution in [0.4, 0.5) is 10.8 Å². The van der Waals surface area contributed by atoms with E-state index in [2.05, 4.69) is 10.3 Å². The summed E-state index contributed by atoms with van der Waals surface area (Å²) in [5, 5.41) is 5.76. The Bertz CT molecular complexity index is 1170. The molecule has 0 saturated heterocycles.